The zero-order valence-corrected chi connectivity index (χ0v) is 10.4. The van der Waals surface area contributed by atoms with Crippen LogP contribution >= 0.6 is 0 Å². The molecule has 2 rings (SSSR count). The summed E-state index contributed by atoms with van der Waals surface area (Å²) in [6.07, 6.45) is 0.791. The van der Waals surface area contributed by atoms with Crippen LogP contribution in [0.3, 0.4) is 0 Å². The normalized spacial score (nSPS) is 10.1. The number of aromatic hydroxyl groups is 2. The number of hydrogen-bond acceptors (Lipinski definition) is 3. The monoisotopic (exact) mass is 257 g/mol. The molecule has 0 aliphatic rings. The molecule has 0 bridgehead atoms. The zero-order valence-electron chi connectivity index (χ0n) is 10.4. The van der Waals surface area contributed by atoms with Gasteiger partial charge in [-0.1, -0.05) is 24.3 Å². The maximum atomic E-state index is 11.1. The van der Waals surface area contributed by atoms with Gasteiger partial charge in [0, 0.05) is 13.1 Å². The average molecular weight is 257 g/mol. The third-order valence-electron chi connectivity index (χ3n) is 2.79. The number of benzene rings is 2. The smallest absolute Gasteiger partial charge is 0.210 e. The number of hydrogen-bond donors (Lipinski definition) is 2. The van der Waals surface area contributed by atoms with E-state index in [1.54, 1.807) is 53.4 Å². The van der Waals surface area contributed by atoms with Crippen LogP contribution in [0.25, 0.3) is 0 Å². The van der Waals surface area contributed by atoms with Crippen molar-refractivity contribution in [1.82, 2.24) is 4.90 Å². The van der Waals surface area contributed by atoms with Crippen LogP contribution in [0, 0.1) is 0 Å². The Morgan fingerprint density at radius 1 is 0.789 bits per heavy atom. The van der Waals surface area contributed by atoms with Gasteiger partial charge in [-0.05, 0) is 35.4 Å². The van der Waals surface area contributed by atoms with E-state index in [2.05, 4.69) is 0 Å². The van der Waals surface area contributed by atoms with Crippen LogP contribution in [0.4, 0.5) is 0 Å². The fourth-order valence-electron chi connectivity index (χ4n) is 1.80. The van der Waals surface area contributed by atoms with E-state index in [9.17, 15) is 15.0 Å². The molecule has 0 radical (unpaired) electrons. The van der Waals surface area contributed by atoms with Crippen LogP contribution < -0.4 is 0 Å². The van der Waals surface area contributed by atoms with Crippen LogP contribution in [0.1, 0.15) is 11.1 Å². The molecule has 98 valence electrons. The molecule has 4 nitrogen and oxygen atoms in total. The molecule has 0 spiro atoms. The predicted octanol–water partition coefficient (Wildman–Crippen LogP) is 2.26. The van der Waals surface area contributed by atoms with E-state index in [-0.39, 0.29) is 11.5 Å². The van der Waals surface area contributed by atoms with Crippen LogP contribution in [-0.2, 0) is 17.9 Å². The Morgan fingerprint density at radius 2 is 1.16 bits per heavy atom. The van der Waals surface area contributed by atoms with Crippen LogP contribution in [0.2, 0.25) is 0 Å². The molecule has 2 aromatic rings. The highest BCUT2D eigenvalue weighted by atomic mass is 16.3. The summed E-state index contributed by atoms with van der Waals surface area (Å²) in [5.74, 6) is 0.417. The predicted molar refractivity (Wildman–Crippen MR) is 71.5 cm³/mol. The number of phenols is 2. The average Bonchev–Trinajstić information content (AvgIpc) is 2.43. The Labute approximate surface area is 111 Å². The number of phenolic OH excluding ortho intramolecular Hbond substituents is 2. The number of rotatable bonds is 5. The quantitative estimate of drug-likeness (QED) is 0.808. The van der Waals surface area contributed by atoms with Gasteiger partial charge in [0.1, 0.15) is 11.5 Å². The number of amides is 1. The summed E-state index contributed by atoms with van der Waals surface area (Å²) in [6.45, 7) is 0.954. The molecule has 0 aliphatic heterocycles. The Bertz CT molecular complexity index is 487. The summed E-state index contributed by atoms with van der Waals surface area (Å²) in [7, 11) is 0. The molecule has 0 fully saturated rings. The second kappa shape index (κ2) is 5.91. The summed E-state index contributed by atoms with van der Waals surface area (Å²) in [6, 6.07) is 13.5. The van der Waals surface area contributed by atoms with Crippen molar-refractivity contribution in [2.75, 3.05) is 0 Å². The van der Waals surface area contributed by atoms with E-state index in [1.807, 2.05) is 0 Å². The van der Waals surface area contributed by atoms with Gasteiger partial charge in [0.05, 0.1) is 0 Å². The molecule has 19 heavy (non-hydrogen) atoms. The van der Waals surface area contributed by atoms with Crippen molar-refractivity contribution < 1.29 is 15.0 Å². The highest BCUT2D eigenvalue weighted by Gasteiger charge is 2.04. The van der Waals surface area contributed by atoms with E-state index < -0.39 is 0 Å². The highest BCUT2D eigenvalue weighted by molar-refractivity contribution is 5.48. The first kappa shape index (κ1) is 13.0. The molecule has 0 saturated carbocycles. The molecule has 2 aromatic carbocycles. The summed E-state index contributed by atoms with van der Waals surface area (Å²) >= 11 is 0. The van der Waals surface area contributed by atoms with Gasteiger partial charge in [0.15, 0.2) is 0 Å². The van der Waals surface area contributed by atoms with Crippen molar-refractivity contribution in [1.29, 1.82) is 0 Å². The van der Waals surface area contributed by atoms with E-state index in [0.29, 0.717) is 13.1 Å². The minimum atomic E-state index is 0.208. The first-order valence-corrected chi connectivity index (χ1v) is 5.92. The fraction of sp³-hybridized carbons (Fsp3) is 0.133. The molecule has 1 amide bonds. The van der Waals surface area contributed by atoms with Gasteiger partial charge in [-0.25, -0.2) is 0 Å². The van der Waals surface area contributed by atoms with Crippen molar-refractivity contribution in [2.24, 2.45) is 0 Å². The third kappa shape index (κ3) is 3.74. The zero-order chi connectivity index (χ0) is 13.7. The largest absolute Gasteiger partial charge is 0.508 e. The van der Waals surface area contributed by atoms with E-state index >= 15 is 0 Å². The Balaban J connectivity index is 2.02. The molecule has 0 atom stereocenters. The van der Waals surface area contributed by atoms with Gasteiger partial charge in [-0.3, -0.25) is 4.79 Å². The molecule has 2 N–H and O–H groups in total. The Morgan fingerprint density at radius 3 is 1.47 bits per heavy atom. The molecule has 0 aromatic heterocycles. The maximum absolute atomic E-state index is 11.1. The van der Waals surface area contributed by atoms with Gasteiger partial charge in [-0.15, -0.1) is 0 Å². The number of carbonyl (C=O) groups excluding carboxylic acids is 1. The molecular weight excluding hydrogens is 242 g/mol. The van der Waals surface area contributed by atoms with Gasteiger partial charge in [0.25, 0.3) is 0 Å². The minimum Gasteiger partial charge on any atom is -0.508 e. The van der Waals surface area contributed by atoms with E-state index in [0.717, 1.165) is 17.5 Å². The van der Waals surface area contributed by atoms with Crippen LogP contribution in [0.5, 0.6) is 11.5 Å². The van der Waals surface area contributed by atoms with Crippen molar-refractivity contribution in [3.63, 3.8) is 0 Å². The van der Waals surface area contributed by atoms with Crippen molar-refractivity contribution in [2.45, 2.75) is 13.1 Å². The molecule has 0 unspecified atom stereocenters. The van der Waals surface area contributed by atoms with Crippen molar-refractivity contribution >= 4 is 6.41 Å². The van der Waals surface area contributed by atoms with Gasteiger partial charge in [-0.2, -0.15) is 0 Å². The lowest BCUT2D eigenvalue weighted by Crippen LogP contribution is -2.20. The van der Waals surface area contributed by atoms with Gasteiger partial charge >= 0.3 is 0 Å². The van der Waals surface area contributed by atoms with E-state index in [4.69, 9.17) is 0 Å². The SMILES string of the molecule is O=CN(Cc1ccc(O)cc1)Cc1ccc(O)cc1. The van der Waals surface area contributed by atoms with Crippen molar-refractivity contribution in [3.05, 3.63) is 59.7 Å². The molecule has 4 heteroatoms. The summed E-state index contributed by atoms with van der Waals surface area (Å²) < 4.78 is 0. The third-order valence-corrected chi connectivity index (χ3v) is 2.79. The Hall–Kier alpha value is -2.49. The number of nitrogens with zero attached hydrogens (tertiary/aromatic N) is 1. The second-order valence-corrected chi connectivity index (χ2v) is 4.34. The van der Waals surface area contributed by atoms with Crippen molar-refractivity contribution in [3.8, 4) is 11.5 Å². The van der Waals surface area contributed by atoms with Crippen LogP contribution in [0.15, 0.2) is 48.5 Å². The van der Waals surface area contributed by atoms with Crippen LogP contribution in [-0.4, -0.2) is 21.5 Å². The molecule has 0 saturated heterocycles. The summed E-state index contributed by atoms with van der Waals surface area (Å²) in [5, 5.41) is 18.4. The van der Waals surface area contributed by atoms with Gasteiger partial charge < -0.3 is 15.1 Å². The topological polar surface area (TPSA) is 60.8 Å². The van der Waals surface area contributed by atoms with Gasteiger partial charge in [0.2, 0.25) is 6.41 Å². The lowest BCUT2D eigenvalue weighted by Gasteiger charge is -2.17. The number of carbonyl (C=O) groups is 1. The molecule has 0 aliphatic carbocycles. The first-order valence-electron chi connectivity index (χ1n) is 5.92. The summed E-state index contributed by atoms with van der Waals surface area (Å²) in [4.78, 5) is 12.7. The lowest BCUT2D eigenvalue weighted by molar-refractivity contribution is -0.119. The second-order valence-electron chi connectivity index (χ2n) is 4.34. The fourth-order valence-corrected chi connectivity index (χ4v) is 1.80. The lowest BCUT2D eigenvalue weighted by atomic mass is 10.1. The standard InChI is InChI=1S/C15H15NO3/c17-11-16(9-12-1-5-14(18)6-2-12)10-13-3-7-15(19)8-4-13/h1-8,11,18-19H,9-10H2. The summed E-state index contributed by atoms with van der Waals surface area (Å²) in [5.41, 5.74) is 1.90. The molecular formula is C15H15NO3. The molecule has 0 heterocycles. The first-order chi connectivity index (χ1) is 9.17. The maximum Gasteiger partial charge on any atom is 0.210 e. The van der Waals surface area contributed by atoms with E-state index in [1.165, 1.54) is 0 Å². The highest BCUT2D eigenvalue weighted by Crippen LogP contribution is 2.14. The minimum absolute atomic E-state index is 0.208. The Kier molecular flexibility index (Phi) is 4.03.